The van der Waals surface area contributed by atoms with Crippen molar-refractivity contribution in [1.82, 2.24) is 14.6 Å². The molecule has 0 aliphatic carbocycles. The van der Waals surface area contributed by atoms with E-state index in [9.17, 15) is 23.3 Å². The van der Waals surface area contributed by atoms with Gasteiger partial charge in [0.25, 0.3) is 10.0 Å². The number of benzene rings is 5. The second-order valence-corrected chi connectivity index (χ2v) is 20.4. The fourth-order valence-corrected chi connectivity index (χ4v) is 11.9. The number of hydrogen-bond donors (Lipinski definition) is 1. The van der Waals surface area contributed by atoms with Gasteiger partial charge in [-0.2, -0.15) is 9.57 Å². The number of fused-ring (bicyclic) bond motifs is 2. The highest BCUT2D eigenvalue weighted by atomic mass is 35.5. The molecular formula is C50H45Cl2N5O9S2. The molecule has 18 heteroatoms. The zero-order valence-electron chi connectivity index (χ0n) is 36.9. The standard InChI is InChI=1S/C50H45Cl2N5O9S2/c1-30-49(67-50(54-30)56-17-19-63-20-18-56)68(60,61)57-27-38-25-45-44(65-29-46(66-45)36-12-14-39(15-13-36)64-28-33-7-16-40(51)41(52)21-33)24-37(38)23-43(57)47(58)55-42(48(59)62-2)22-31-3-8-34(9-4-31)35-10-5-32(26-53)6-11-35/h3-16,21,24-25,42-43,46H,17-20,22-23,27-29H2,1-2H3,(H,55,58)/t42-,43?,46+/m0/s1. The number of aromatic nitrogens is 1. The van der Waals surface area contributed by atoms with E-state index in [-0.39, 0.29) is 30.2 Å². The van der Waals surface area contributed by atoms with Crippen molar-refractivity contribution >= 4 is 61.6 Å². The second-order valence-electron chi connectivity index (χ2n) is 16.5. The van der Waals surface area contributed by atoms with Gasteiger partial charge in [0.05, 0.1) is 47.7 Å². The molecule has 1 amide bonds. The van der Waals surface area contributed by atoms with Gasteiger partial charge in [0, 0.05) is 26.1 Å². The van der Waals surface area contributed by atoms with Crippen LogP contribution in [0.5, 0.6) is 17.2 Å². The van der Waals surface area contributed by atoms with Crippen LogP contribution in [0.15, 0.2) is 107 Å². The Morgan fingerprint density at radius 1 is 0.912 bits per heavy atom. The summed E-state index contributed by atoms with van der Waals surface area (Å²) in [4.78, 5) is 34.6. The number of rotatable bonds is 13. The van der Waals surface area contributed by atoms with Crippen LogP contribution in [-0.4, -0.2) is 81.7 Å². The number of nitrogens with one attached hydrogen (secondary N) is 1. The Kier molecular flexibility index (Phi) is 13.9. The molecule has 68 heavy (non-hydrogen) atoms. The van der Waals surface area contributed by atoms with Crippen LogP contribution < -0.4 is 24.4 Å². The molecule has 0 radical (unpaired) electrons. The molecule has 3 aliphatic heterocycles. The van der Waals surface area contributed by atoms with Crippen molar-refractivity contribution in [2.24, 2.45) is 0 Å². The van der Waals surface area contributed by atoms with Crippen LogP contribution >= 0.6 is 34.5 Å². The molecule has 350 valence electrons. The molecular weight excluding hydrogens is 950 g/mol. The monoisotopic (exact) mass is 993 g/mol. The number of carbonyl (C=O) groups is 2. The molecule has 1 fully saturated rings. The summed E-state index contributed by atoms with van der Waals surface area (Å²) >= 11 is 13.3. The van der Waals surface area contributed by atoms with E-state index in [0.29, 0.717) is 87.7 Å². The summed E-state index contributed by atoms with van der Waals surface area (Å²) in [5.74, 6) is 0.181. The van der Waals surface area contributed by atoms with E-state index in [2.05, 4.69) is 16.4 Å². The van der Waals surface area contributed by atoms with Gasteiger partial charge in [-0.1, -0.05) is 89.1 Å². The Balaban J connectivity index is 0.965. The fraction of sp³-hybridized carbons (Fsp3) is 0.280. The highest BCUT2D eigenvalue weighted by molar-refractivity contribution is 7.91. The van der Waals surface area contributed by atoms with E-state index in [1.807, 2.05) is 71.6 Å². The van der Waals surface area contributed by atoms with Crippen molar-refractivity contribution in [2.45, 2.75) is 55.3 Å². The number of carbonyl (C=O) groups excluding carboxylic acids is 2. The van der Waals surface area contributed by atoms with Gasteiger partial charge in [-0.15, -0.1) is 0 Å². The molecule has 1 N–H and O–H groups in total. The average molecular weight is 995 g/mol. The van der Waals surface area contributed by atoms with Crippen LogP contribution in [-0.2, 0) is 55.1 Å². The Morgan fingerprint density at radius 3 is 2.29 bits per heavy atom. The van der Waals surface area contributed by atoms with Crippen LogP contribution in [0.4, 0.5) is 5.13 Å². The molecule has 1 aromatic heterocycles. The van der Waals surface area contributed by atoms with Gasteiger partial charge in [-0.25, -0.2) is 18.2 Å². The van der Waals surface area contributed by atoms with Crippen LogP contribution in [0.25, 0.3) is 11.1 Å². The van der Waals surface area contributed by atoms with Crippen LogP contribution in [0.2, 0.25) is 10.0 Å². The van der Waals surface area contributed by atoms with Gasteiger partial charge < -0.3 is 33.9 Å². The molecule has 3 aliphatic rings. The van der Waals surface area contributed by atoms with Crippen molar-refractivity contribution in [2.75, 3.05) is 44.9 Å². The predicted octanol–water partition coefficient (Wildman–Crippen LogP) is 8.24. The molecule has 6 aromatic rings. The number of hydrogen-bond acceptors (Lipinski definition) is 13. The van der Waals surface area contributed by atoms with Gasteiger partial charge in [-0.05, 0) is 101 Å². The van der Waals surface area contributed by atoms with Gasteiger partial charge >= 0.3 is 5.97 Å². The lowest BCUT2D eigenvalue weighted by Gasteiger charge is -2.36. The molecule has 9 rings (SSSR count). The lowest BCUT2D eigenvalue weighted by Crippen LogP contribution is -2.56. The number of esters is 1. The number of aryl methyl sites for hydroxylation is 1. The van der Waals surface area contributed by atoms with Crippen LogP contribution in [0.1, 0.15) is 45.2 Å². The van der Waals surface area contributed by atoms with Crippen molar-refractivity contribution in [3.8, 4) is 34.4 Å². The Bertz CT molecular complexity index is 2990. The molecule has 0 saturated carbocycles. The summed E-state index contributed by atoms with van der Waals surface area (Å²) in [6.07, 6.45) is -0.425. The minimum Gasteiger partial charge on any atom is -0.489 e. The lowest BCUT2D eigenvalue weighted by molar-refractivity contribution is -0.145. The summed E-state index contributed by atoms with van der Waals surface area (Å²) < 4.78 is 60.6. The Hall–Kier alpha value is -6.19. The normalized spacial score (nSPS) is 17.4. The van der Waals surface area contributed by atoms with Gasteiger partial charge in [0.2, 0.25) is 5.91 Å². The SMILES string of the molecule is COC(=O)[C@H](Cc1ccc(-c2ccc(C#N)cc2)cc1)NC(=O)C1Cc2cc3c(cc2CN1S(=O)(=O)c1sc(N2CCOCC2)nc1C)O[C@@H](c1ccc(OCc2ccc(Cl)c(Cl)c2)cc1)CO3. The molecule has 0 bridgehead atoms. The zero-order valence-corrected chi connectivity index (χ0v) is 40.1. The number of amides is 1. The highest BCUT2D eigenvalue weighted by Crippen LogP contribution is 2.43. The maximum absolute atomic E-state index is 15.0. The van der Waals surface area contributed by atoms with Crippen molar-refractivity contribution in [3.63, 3.8) is 0 Å². The quantitative estimate of drug-likeness (QED) is 0.110. The molecule has 5 aromatic carbocycles. The van der Waals surface area contributed by atoms with Gasteiger partial charge in [0.1, 0.15) is 31.0 Å². The smallest absolute Gasteiger partial charge is 0.328 e. The number of halogens is 2. The van der Waals surface area contributed by atoms with Crippen LogP contribution in [0, 0.1) is 18.3 Å². The Labute approximate surface area is 407 Å². The van der Waals surface area contributed by atoms with E-state index in [4.69, 9.17) is 46.9 Å². The van der Waals surface area contributed by atoms with Gasteiger partial charge in [-0.3, -0.25) is 4.79 Å². The van der Waals surface area contributed by atoms with Crippen LogP contribution in [0.3, 0.4) is 0 Å². The summed E-state index contributed by atoms with van der Waals surface area (Å²) in [6.45, 7) is 4.08. The number of nitrogens with zero attached hydrogens (tertiary/aromatic N) is 4. The minimum absolute atomic E-state index is 0.0223. The third-order valence-electron chi connectivity index (χ3n) is 12.1. The number of nitriles is 1. The summed E-state index contributed by atoms with van der Waals surface area (Å²) in [6, 6.07) is 30.8. The lowest BCUT2D eigenvalue weighted by atomic mass is 9.93. The third kappa shape index (κ3) is 10.1. The number of ether oxygens (including phenoxy) is 5. The Morgan fingerprint density at radius 2 is 1.60 bits per heavy atom. The first-order chi connectivity index (χ1) is 32.9. The number of methoxy groups -OCH3 is 1. The summed E-state index contributed by atoms with van der Waals surface area (Å²) in [7, 11) is -3.13. The topological polar surface area (TPSA) is 170 Å². The maximum atomic E-state index is 15.0. The predicted molar refractivity (Wildman–Crippen MR) is 257 cm³/mol. The van der Waals surface area contributed by atoms with Crippen molar-refractivity contribution < 1.29 is 41.7 Å². The van der Waals surface area contributed by atoms with E-state index in [1.165, 1.54) is 11.4 Å². The number of sulfonamides is 1. The molecule has 1 saturated heterocycles. The minimum atomic E-state index is -4.37. The first-order valence-corrected chi connectivity index (χ1v) is 24.8. The van der Waals surface area contributed by atoms with E-state index < -0.39 is 40.1 Å². The first kappa shape index (κ1) is 46.9. The third-order valence-corrected chi connectivity index (χ3v) is 16.5. The number of thiazole rings is 1. The average Bonchev–Trinajstić information content (AvgIpc) is 3.78. The summed E-state index contributed by atoms with van der Waals surface area (Å²) in [5.41, 5.74) is 6.46. The number of anilines is 1. The largest absolute Gasteiger partial charge is 0.489 e. The van der Waals surface area contributed by atoms with E-state index in [0.717, 1.165) is 39.2 Å². The fourth-order valence-electron chi connectivity index (χ4n) is 8.36. The maximum Gasteiger partial charge on any atom is 0.328 e. The van der Waals surface area contributed by atoms with E-state index >= 15 is 0 Å². The molecule has 4 heterocycles. The molecule has 1 unspecified atom stereocenters. The first-order valence-electron chi connectivity index (χ1n) is 21.8. The van der Waals surface area contributed by atoms with Crippen molar-refractivity contribution in [1.29, 1.82) is 5.26 Å². The molecule has 0 spiro atoms. The van der Waals surface area contributed by atoms with E-state index in [1.54, 1.807) is 43.3 Å². The highest BCUT2D eigenvalue weighted by Gasteiger charge is 2.43. The molecule has 3 atom stereocenters. The second kappa shape index (κ2) is 20.2. The summed E-state index contributed by atoms with van der Waals surface area (Å²) in [5, 5.41) is 13.5. The molecule has 14 nitrogen and oxygen atoms in total. The number of morpholine rings is 1. The van der Waals surface area contributed by atoms with Crippen molar-refractivity contribution in [3.05, 3.63) is 152 Å². The van der Waals surface area contributed by atoms with Gasteiger partial charge in [0.15, 0.2) is 26.9 Å². The zero-order chi connectivity index (χ0) is 47.5.